The summed E-state index contributed by atoms with van der Waals surface area (Å²) in [5, 5.41) is 3.60. The molecule has 3 heterocycles. The first kappa shape index (κ1) is 28.8. The molecule has 2 aromatic heterocycles. The summed E-state index contributed by atoms with van der Waals surface area (Å²) in [6.45, 7) is 11.6. The molecule has 7 nitrogen and oxygen atoms in total. The Morgan fingerprint density at radius 2 is 1.87 bits per heavy atom. The lowest BCUT2D eigenvalue weighted by atomic mass is 9.99. The van der Waals surface area contributed by atoms with Crippen LogP contribution in [-0.4, -0.2) is 59.6 Å². The fraction of sp³-hybridized carbons (Fsp3) is 0.452. The number of carbonyl (C=O) groups is 1. The number of aryl methyl sites for hydroxylation is 2. The zero-order valence-corrected chi connectivity index (χ0v) is 24.5. The number of likely N-dealkylation sites (tertiary alicyclic amines) is 1. The number of aromatic nitrogens is 2. The van der Waals surface area contributed by atoms with Crippen LogP contribution in [0.5, 0.6) is 5.75 Å². The highest BCUT2D eigenvalue weighted by molar-refractivity contribution is 6.31. The Morgan fingerprint density at radius 3 is 2.54 bits per heavy atom. The van der Waals surface area contributed by atoms with Crippen LogP contribution >= 0.6 is 11.6 Å². The van der Waals surface area contributed by atoms with E-state index in [2.05, 4.69) is 57.1 Å². The Hall–Kier alpha value is -3.16. The van der Waals surface area contributed by atoms with Crippen LogP contribution in [0, 0.1) is 20.8 Å². The summed E-state index contributed by atoms with van der Waals surface area (Å²) >= 11 is 6.19. The first-order valence-electron chi connectivity index (χ1n) is 13.7. The second-order valence-electron chi connectivity index (χ2n) is 10.5. The molecule has 1 aliphatic rings. The van der Waals surface area contributed by atoms with E-state index in [1.54, 1.807) is 13.3 Å². The van der Waals surface area contributed by atoms with E-state index in [1.165, 1.54) is 16.8 Å². The van der Waals surface area contributed by atoms with E-state index in [9.17, 15) is 4.79 Å². The van der Waals surface area contributed by atoms with Gasteiger partial charge in [-0.25, -0.2) is 0 Å². The van der Waals surface area contributed by atoms with Gasteiger partial charge in [-0.1, -0.05) is 11.6 Å². The molecule has 0 unspecified atom stereocenters. The molecule has 4 rings (SSSR count). The van der Waals surface area contributed by atoms with E-state index < -0.39 is 0 Å². The second kappa shape index (κ2) is 13.3. The Bertz CT molecular complexity index is 1260. The minimum atomic E-state index is -0.105. The summed E-state index contributed by atoms with van der Waals surface area (Å²) in [6, 6.07) is 11.3. The molecule has 39 heavy (non-hydrogen) atoms. The third-order valence-corrected chi connectivity index (χ3v) is 8.38. The van der Waals surface area contributed by atoms with Gasteiger partial charge in [0, 0.05) is 62.5 Å². The van der Waals surface area contributed by atoms with Gasteiger partial charge in [0.1, 0.15) is 5.75 Å². The predicted molar refractivity (Wildman–Crippen MR) is 158 cm³/mol. The van der Waals surface area contributed by atoms with Crippen molar-refractivity contribution in [2.24, 2.45) is 0 Å². The van der Waals surface area contributed by atoms with Gasteiger partial charge < -0.3 is 19.9 Å². The lowest BCUT2D eigenvalue weighted by molar-refractivity contribution is 0.0943. The largest absolute Gasteiger partial charge is 0.497 e. The van der Waals surface area contributed by atoms with Crippen LogP contribution in [-0.2, 0) is 6.54 Å². The van der Waals surface area contributed by atoms with Crippen LogP contribution in [0.2, 0.25) is 5.02 Å². The Balaban J connectivity index is 1.35. The fourth-order valence-electron chi connectivity index (χ4n) is 5.39. The summed E-state index contributed by atoms with van der Waals surface area (Å²) in [6.07, 6.45) is 8.48. The van der Waals surface area contributed by atoms with Gasteiger partial charge in [0.2, 0.25) is 0 Å². The lowest BCUT2D eigenvalue weighted by Crippen LogP contribution is -2.48. The normalized spacial score (nSPS) is 15.1. The van der Waals surface area contributed by atoms with E-state index >= 15 is 0 Å². The number of ether oxygens (including phenoxy) is 1. The average molecular weight is 550 g/mol. The van der Waals surface area contributed by atoms with Crippen molar-refractivity contribution in [3.8, 4) is 5.75 Å². The standard InChI is InChI=1S/C31H40ClN5O2/c1-21-10-14-33-18-25(21)20-37(26-6-8-28(39-5)9-7-26)27-12-16-36(17-13-27)22(2)11-15-34-31(38)30-23(3)29(32)19-35-24(30)4/h6-10,14,18-19,22,27H,11-13,15-17,20H2,1-5H3,(H,34,38)/t22-/m1/s1. The molecule has 0 bridgehead atoms. The first-order chi connectivity index (χ1) is 18.8. The number of nitrogens with one attached hydrogen (secondary N) is 1. The van der Waals surface area contributed by atoms with E-state index in [0.29, 0.717) is 34.9 Å². The molecule has 1 aliphatic heterocycles. The number of nitrogens with zero attached hydrogens (tertiary/aromatic N) is 4. The molecule has 8 heteroatoms. The van der Waals surface area contributed by atoms with E-state index in [1.807, 2.05) is 38.4 Å². The van der Waals surface area contributed by atoms with Gasteiger partial charge in [0.05, 0.1) is 23.4 Å². The Morgan fingerprint density at radius 1 is 1.15 bits per heavy atom. The number of carbonyl (C=O) groups excluding carboxylic acids is 1. The van der Waals surface area contributed by atoms with Gasteiger partial charge >= 0.3 is 0 Å². The van der Waals surface area contributed by atoms with Gasteiger partial charge in [-0.3, -0.25) is 14.8 Å². The smallest absolute Gasteiger partial charge is 0.253 e. The number of anilines is 1. The SMILES string of the molecule is COc1ccc(N(Cc2cnccc2C)C2CCN([C@H](C)CCNC(=O)c3c(C)ncc(Cl)c3C)CC2)cc1. The van der Waals surface area contributed by atoms with Crippen molar-refractivity contribution in [3.05, 3.63) is 81.9 Å². The molecule has 1 N–H and O–H groups in total. The topological polar surface area (TPSA) is 70.6 Å². The molecule has 1 amide bonds. The zero-order valence-electron chi connectivity index (χ0n) is 23.7. The summed E-state index contributed by atoms with van der Waals surface area (Å²) < 4.78 is 5.39. The van der Waals surface area contributed by atoms with Crippen molar-refractivity contribution in [2.45, 2.75) is 65.6 Å². The van der Waals surface area contributed by atoms with Crippen molar-refractivity contribution < 1.29 is 9.53 Å². The van der Waals surface area contributed by atoms with Gasteiger partial charge in [-0.15, -0.1) is 0 Å². The molecule has 1 fully saturated rings. The number of rotatable bonds is 10. The monoisotopic (exact) mass is 549 g/mol. The lowest BCUT2D eigenvalue weighted by Gasteiger charge is -2.42. The third kappa shape index (κ3) is 7.08. The molecular weight excluding hydrogens is 510 g/mol. The quantitative estimate of drug-likeness (QED) is 0.347. The van der Waals surface area contributed by atoms with Crippen LogP contribution in [0.1, 0.15) is 58.9 Å². The molecule has 0 saturated carbocycles. The van der Waals surface area contributed by atoms with Crippen LogP contribution in [0.15, 0.2) is 48.9 Å². The maximum absolute atomic E-state index is 12.8. The Kier molecular flexibility index (Phi) is 9.81. The van der Waals surface area contributed by atoms with Crippen LogP contribution in [0.4, 0.5) is 5.69 Å². The highest BCUT2D eigenvalue weighted by atomic mass is 35.5. The summed E-state index contributed by atoms with van der Waals surface area (Å²) in [4.78, 5) is 26.5. The molecular formula is C31H40ClN5O2. The van der Waals surface area contributed by atoms with Crippen molar-refractivity contribution in [3.63, 3.8) is 0 Å². The van der Waals surface area contributed by atoms with Gasteiger partial charge in [-0.05, 0) is 94.0 Å². The highest BCUT2D eigenvalue weighted by Crippen LogP contribution is 2.29. The molecule has 0 aliphatic carbocycles. The van der Waals surface area contributed by atoms with Crippen molar-refractivity contribution in [2.75, 3.05) is 31.6 Å². The number of pyridine rings is 2. The van der Waals surface area contributed by atoms with Crippen molar-refractivity contribution in [1.29, 1.82) is 0 Å². The highest BCUT2D eigenvalue weighted by Gasteiger charge is 2.28. The summed E-state index contributed by atoms with van der Waals surface area (Å²) in [7, 11) is 1.70. The summed E-state index contributed by atoms with van der Waals surface area (Å²) in [5.74, 6) is 0.760. The second-order valence-corrected chi connectivity index (χ2v) is 10.9. The predicted octanol–water partition coefficient (Wildman–Crippen LogP) is 5.74. The van der Waals surface area contributed by atoms with E-state index in [-0.39, 0.29) is 5.91 Å². The van der Waals surface area contributed by atoms with Crippen LogP contribution in [0.25, 0.3) is 0 Å². The zero-order chi connectivity index (χ0) is 27.9. The van der Waals surface area contributed by atoms with Gasteiger partial charge in [0.25, 0.3) is 5.91 Å². The fourth-order valence-corrected chi connectivity index (χ4v) is 5.54. The van der Waals surface area contributed by atoms with E-state index in [4.69, 9.17) is 16.3 Å². The van der Waals surface area contributed by atoms with Gasteiger partial charge in [0.15, 0.2) is 0 Å². The minimum Gasteiger partial charge on any atom is -0.497 e. The number of halogens is 1. The van der Waals surface area contributed by atoms with Gasteiger partial charge in [-0.2, -0.15) is 0 Å². The third-order valence-electron chi connectivity index (χ3n) is 8.00. The Labute approximate surface area is 237 Å². The average Bonchev–Trinajstić information content (AvgIpc) is 2.95. The summed E-state index contributed by atoms with van der Waals surface area (Å²) in [5.41, 5.74) is 5.77. The number of piperidine rings is 1. The van der Waals surface area contributed by atoms with Crippen LogP contribution < -0.4 is 15.0 Å². The maximum Gasteiger partial charge on any atom is 0.253 e. The molecule has 3 aromatic rings. The number of methoxy groups -OCH3 is 1. The molecule has 1 saturated heterocycles. The number of hydrogen-bond acceptors (Lipinski definition) is 6. The molecule has 1 atom stereocenters. The van der Waals surface area contributed by atoms with Crippen LogP contribution in [0.3, 0.4) is 0 Å². The molecule has 1 aromatic carbocycles. The molecule has 0 radical (unpaired) electrons. The van der Waals surface area contributed by atoms with Crippen molar-refractivity contribution >= 4 is 23.2 Å². The minimum absolute atomic E-state index is 0.105. The maximum atomic E-state index is 12.8. The number of hydrogen-bond donors (Lipinski definition) is 1. The van der Waals surface area contributed by atoms with Crippen molar-refractivity contribution in [1.82, 2.24) is 20.2 Å². The number of benzene rings is 1. The molecule has 0 spiro atoms. The van der Waals surface area contributed by atoms with E-state index in [0.717, 1.165) is 50.2 Å². The number of amides is 1. The molecule has 208 valence electrons. The first-order valence-corrected chi connectivity index (χ1v) is 14.1.